The number of aryl methyl sites for hydroxylation is 1. The third-order valence-corrected chi connectivity index (χ3v) is 3.64. The van der Waals surface area contributed by atoms with Crippen LogP contribution in [0.4, 0.5) is 4.39 Å². The van der Waals surface area contributed by atoms with E-state index in [0.717, 1.165) is 12.1 Å². The van der Waals surface area contributed by atoms with Gasteiger partial charge in [-0.05, 0) is 36.4 Å². The van der Waals surface area contributed by atoms with Gasteiger partial charge in [0.2, 0.25) is 0 Å². The van der Waals surface area contributed by atoms with Gasteiger partial charge in [-0.15, -0.1) is 0 Å². The molecule has 0 atom stereocenters. The van der Waals surface area contributed by atoms with E-state index in [1.165, 1.54) is 16.7 Å². The molecular weight excluding hydrogens is 329 g/mol. The van der Waals surface area contributed by atoms with Crippen molar-refractivity contribution in [1.82, 2.24) is 4.57 Å². The fourth-order valence-electron chi connectivity index (χ4n) is 2.37. The first-order valence-electron chi connectivity index (χ1n) is 7.57. The number of aromatic nitrogens is 1. The van der Waals surface area contributed by atoms with Crippen molar-refractivity contribution in [3.8, 4) is 0 Å². The monoisotopic (exact) mass is 343 g/mol. The number of ether oxygens (including phenoxy) is 1. The number of ketones is 1. The number of Topliss-reactive ketones (excluding diaryl/α,β-unsaturated/α-hetero) is 1. The number of halogens is 1. The number of carbonyl (C=O) groups is 2. The maximum atomic E-state index is 12.8. The molecule has 0 aliphatic heterocycles. The molecule has 0 N–H and O–H groups in total. The zero-order valence-electron chi connectivity index (χ0n) is 13.1. The molecule has 3 rings (SSSR count). The summed E-state index contributed by atoms with van der Waals surface area (Å²) in [5, 5.41) is 0. The Balaban J connectivity index is 1.56. The van der Waals surface area contributed by atoms with Gasteiger partial charge in [0.15, 0.2) is 18.0 Å². The van der Waals surface area contributed by atoms with Crippen LogP contribution >= 0.6 is 0 Å². The summed E-state index contributed by atoms with van der Waals surface area (Å²) in [5.74, 6) is -2.06. The van der Waals surface area contributed by atoms with Crippen LogP contribution in [0.15, 0.2) is 57.7 Å². The van der Waals surface area contributed by atoms with E-state index in [9.17, 15) is 18.8 Å². The van der Waals surface area contributed by atoms with E-state index in [-0.39, 0.29) is 18.5 Å². The molecule has 0 fully saturated rings. The number of oxazole rings is 1. The number of fused-ring (bicyclic) bond motifs is 1. The third kappa shape index (κ3) is 3.82. The molecule has 25 heavy (non-hydrogen) atoms. The van der Waals surface area contributed by atoms with Crippen molar-refractivity contribution in [1.29, 1.82) is 0 Å². The molecule has 0 aliphatic carbocycles. The standard InChI is InChI=1S/C18H14FNO5/c19-13-7-5-12(6-8-13)15(21)11-24-17(22)9-10-20-14-3-1-2-4-16(14)25-18(20)23/h1-8H,9-11H2. The number of benzene rings is 2. The van der Waals surface area contributed by atoms with Crippen molar-refractivity contribution in [3.63, 3.8) is 0 Å². The van der Waals surface area contributed by atoms with Crippen LogP contribution < -0.4 is 5.76 Å². The maximum absolute atomic E-state index is 12.8. The van der Waals surface area contributed by atoms with Gasteiger partial charge in [-0.1, -0.05) is 12.1 Å². The third-order valence-electron chi connectivity index (χ3n) is 3.64. The highest BCUT2D eigenvalue weighted by Crippen LogP contribution is 2.12. The van der Waals surface area contributed by atoms with Gasteiger partial charge >= 0.3 is 11.7 Å². The topological polar surface area (TPSA) is 78.5 Å². The van der Waals surface area contributed by atoms with Crippen LogP contribution in [-0.2, 0) is 16.1 Å². The van der Waals surface area contributed by atoms with E-state index in [1.54, 1.807) is 24.3 Å². The van der Waals surface area contributed by atoms with Crippen LogP contribution in [0.2, 0.25) is 0 Å². The largest absolute Gasteiger partial charge is 0.457 e. The fourth-order valence-corrected chi connectivity index (χ4v) is 2.37. The Morgan fingerprint density at radius 2 is 1.80 bits per heavy atom. The van der Waals surface area contributed by atoms with Gasteiger partial charge < -0.3 is 9.15 Å². The van der Waals surface area contributed by atoms with Gasteiger partial charge in [-0.3, -0.25) is 14.2 Å². The van der Waals surface area contributed by atoms with Crippen molar-refractivity contribution >= 4 is 22.9 Å². The lowest BCUT2D eigenvalue weighted by Crippen LogP contribution is -2.19. The molecule has 0 amide bonds. The Labute approximate surface area is 141 Å². The summed E-state index contributed by atoms with van der Waals surface area (Å²) in [6.45, 7) is -0.356. The Morgan fingerprint density at radius 1 is 1.08 bits per heavy atom. The van der Waals surface area contributed by atoms with E-state index in [1.807, 2.05) is 0 Å². The van der Waals surface area contributed by atoms with Gasteiger partial charge in [-0.25, -0.2) is 9.18 Å². The highest BCUT2D eigenvalue weighted by Gasteiger charge is 2.13. The van der Waals surface area contributed by atoms with Gasteiger partial charge in [-0.2, -0.15) is 0 Å². The fraction of sp³-hybridized carbons (Fsp3) is 0.167. The quantitative estimate of drug-likeness (QED) is 0.508. The minimum absolute atomic E-state index is 0.0828. The SMILES string of the molecule is O=C(CCn1c(=O)oc2ccccc21)OCC(=O)c1ccc(F)cc1. The number of para-hydroxylation sites is 2. The summed E-state index contributed by atoms with van der Waals surface area (Å²) in [6.07, 6.45) is -0.0832. The number of hydrogen-bond acceptors (Lipinski definition) is 5. The Hall–Kier alpha value is -3.22. The van der Waals surface area contributed by atoms with Crippen LogP contribution in [0.3, 0.4) is 0 Å². The van der Waals surface area contributed by atoms with E-state index in [2.05, 4.69) is 0 Å². The summed E-state index contributed by atoms with van der Waals surface area (Å²) in [5.41, 5.74) is 1.28. The smallest absolute Gasteiger partial charge is 0.419 e. The van der Waals surface area contributed by atoms with Gasteiger partial charge in [0.05, 0.1) is 11.9 Å². The minimum Gasteiger partial charge on any atom is -0.457 e. The van der Waals surface area contributed by atoms with E-state index in [0.29, 0.717) is 11.1 Å². The molecule has 6 nitrogen and oxygen atoms in total. The first-order valence-corrected chi connectivity index (χ1v) is 7.57. The summed E-state index contributed by atoms with van der Waals surface area (Å²) >= 11 is 0. The second-order valence-electron chi connectivity index (χ2n) is 5.33. The van der Waals surface area contributed by atoms with Crippen LogP contribution in [0, 0.1) is 5.82 Å². The highest BCUT2D eigenvalue weighted by atomic mass is 19.1. The summed E-state index contributed by atoms with van der Waals surface area (Å²) in [7, 11) is 0. The van der Waals surface area contributed by atoms with Crippen LogP contribution in [-0.4, -0.2) is 22.9 Å². The lowest BCUT2D eigenvalue weighted by Gasteiger charge is -2.05. The average molecular weight is 343 g/mol. The summed E-state index contributed by atoms with van der Waals surface area (Å²) in [6, 6.07) is 11.8. The normalized spacial score (nSPS) is 10.8. The first-order chi connectivity index (χ1) is 12.0. The molecule has 3 aromatic rings. The van der Waals surface area contributed by atoms with Gasteiger partial charge in [0.1, 0.15) is 5.82 Å². The van der Waals surface area contributed by atoms with Crippen molar-refractivity contribution in [3.05, 3.63) is 70.5 Å². The molecule has 0 saturated carbocycles. The first kappa shape index (κ1) is 16.6. The molecule has 7 heteroatoms. The highest BCUT2D eigenvalue weighted by molar-refractivity contribution is 5.97. The molecule has 0 unspecified atom stereocenters. The molecule has 2 aromatic carbocycles. The van der Waals surface area contributed by atoms with Crippen molar-refractivity contribution in [2.45, 2.75) is 13.0 Å². The molecule has 1 aromatic heterocycles. The Morgan fingerprint density at radius 3 is 2.56 bits per heavy atom. The number of esters is 1. The molecule has 0 bridgehead atoms. The Bertz CT molecular complexity index is 971. The number of carbonyl (C=O) groups excluding carboxylic acids is 2. The minimum atomic E-state index is -0.618. The predicted octanol–water partition coefficient (Wildman–Crippen LogP) is 2.55. The second kappa shape index (κ2) is 7.12. The second-order valence-corrected chi connectivity index (χ2v) is 5.33. The van der Waals surface area contributed by atoms with Gasteiger partial charge in [0, 0.05) is 12.1 Å². The average Bonchev–Trinajstić information content (AvgIpc) is 2.93. The molecule has 128 valence electrons. The molecular formula is C18H14FNO5. The number of rotatable bonds is 6. The maximum Gasteiger partial charge on any atom is 0.419 e. The zero-order chi connectivity index (χ0) is 17.8. The van der Waals surface area contributed by atoms with Crippen LogP contribution in [0.1, 0.15) is 16.8 Å². The lowest BCUT2D eigenvalue weighted by molar-refractivity contribution is -0.142. The summed E-state index contributed by atoms with van der Waals surface area (Å²) < 4.78 is 24.1. The number of nitrogens with zero attached hydrogens (tertiary/aromatic N) is 1. The number of hydrogen-bond donors (Lipinski definition) is 0. The van der Waals surface area contributed by atoms with Crippen molar-refractivity contribution in [2.75, 3.05) is 6.61 Å². The van der Waals surface area contributed by atoms with Crippen LogP contribution in [0.5, 0.6) is 0 Å². The molecule has 0 radical (unpaired) electrons. The molecule has 0 saturated heterocycles. The van der Waals surface area contributed by atoms with E-state index >= 15 is 0 Å². The Kier molecular flexibility index (Phi) is 4.74. The predicted molar refractivity (Wildman–Crippen MR) is 86.8 cm³/mol. The van der Waals surface area contributed by atoms with Crippen LogP contribution in [0.25, 0.3) is 11.1 Å². The van der Waals surface area contributed by atoms with Crippen molar-refractivity contribution < 1.29 is 23.1 Å². The summed E-state index contributed by atoms with van der Waals surface area (Å²) in [4.78, 5) is 35.4. The van der Waals surface area contributed by atoms with E-state index < -0.39 is 29.9 Å². The molecule has 0 spiro atoms. The van der Waals surface area contributed by atoms with E-state index in [4.69, 9.17) is 9.15 Å². The lowest BCUT2D eigenvalue weighted by atomic mass is 10.1. The zero-order valence-corrected chi connectivity index (χ0v) is 13.1. The molecule has 1 heterocycles. The van der Waals surface area contributed by atoms with Crippen molar-refractivity contribution in [2.24, 2.45) is 0 Å². The van der Waals surface area contributed by atoms with Gasteiger partial charge in [0.25, 0.3) is 0 Å². The molecule has 0 aliphatic rings.